The summed E-state index contributed by atoms with van der Waals surface area (Å²) in [5.41, 5.74) is 0. The fraction of sp³-hybridized carbons (Fsp3) is 0.857. The van der Waals surface area contributed by atoms with Gasteiger partial charge in [-0.1, -0.05) is 26.2 Å². The molecule has 1 fully saturated rings. The van der Waals surface area contributed by atoms with Crippen molar-refractivity contribution in [3.63, 3.8) is 0 Å². The lowest BCUT2D eigenvalue weighted by Gasteiger charge is -2.27. The van der Waals surface area contributed by atoms with Crippen LogP contribution in [-0.4, -0.2) is 23.0 Å². The highest BCUT2D eigenvalue weighted by Gasteiger charge is 2.31. The lowest BCUT2D eigenvalue weighted by Crippen LogP contribution is -2.36. The van der Waals surface area contributed by atoms with E-state index in [2.05, 4.69) is 5.32 Å². The third kappa shape index (κ3) is 4.67. The molecule has 2 unspecified atom stereocenters. The summed E-state index contributed by atoms with van der Waals surface area (Å²) in [7, 11) is 0. The van der Waals surface area contributed by atoms with Crippen LogP contribution in [0.4, 0.5) is 0 Å². The van der Waals surface area contributed by atoms with Crippen molar-refractivity contribution in [2.45, 2.75) is 64.8 Å². The Labute approximate surface area is 109 Å². The molecular weight excluding hydrogens is 230 g/mol. The first-order valence-electron chi connectivity index (χ1n) is 7.06. The Morgan fingerprint density at radius 2 is 1.89 bits per heavy atom. The number of rotatable bonds is 6. The minimum absolute atomic E-state index is 0.123. The van der Waals surface area contributed by atoms with Gasteiger partial charge in [-0.25, -0.2) is 0 Å². The van der Waals surface area contributed by atoms with E-state index in [9.17, 15) is 14.7 Å². The zero-order valence-corrected chi connectivity index (χ0v) is 11.4. The molecule has 0 aromatic carbocycles. The molecule has 0 bridgehead atoms. The molecule has 1 rings (SSSR count). The minimum Gasteiger partial charge on any atom is -0.481 e. The van der Waals surface area contributed by atoms with Crippen molar-refractivity contribution in [3.05, 3.63) is 0 Å². The molecule has 1 saturated carbocycles. The summed E-state index contributed by atoms with van der Waals surface area (Å²) < 4.78 is 0. The fourth-order valence-electron chi connectivity index (χ4n) is 2.63. The van der Waals surface area contributed by atoms with Crippen molar-refractivity contribution in [2.75, 3.05) is 0 Å². The van der Waals surface area contributed by atoms with Gasteiger partial charge in [0.25, 0.3) is 0 Å². The van der Waals surface area contributed by atoms with Crippen LogP contribution in [0.15, 0.2) is 0 Å². The van der Waals surface area contributed by atoms with E-state index in [0.29, 0.717) is 0 Å². The van der Waals surface area contributed by atoms with E-state index in [1.54, 1.807) is 0 Å². The van der Waals surface area contributed by atoms with E-state index in [0.717, 1.165) is 32.1 Å². The molecule has 0 spiro atoms. The number of hydrogen-bond acceptors (Lipinski definition) is 2. The van der Waals surface area contributed by atoms with Crippen molar-refractivity contribution in [3.8, 4) is 0 Å². The predicted molar refractivity (Wildman–Crippen MR) is 70.2 cm³/mol. The van der Waals surface area contributed by atoms with Gasteiger partial charge in [0, 0.05) is 12.5 Å². The first-order chi connectivity index (χ1) is 8.54. The molecule has 0 radical (unpaired) electrons. The fourth-order valence-corrected chi connectivity index (χ4v) is 2.63. The number of carbonyl (C=O) groups excluding carboxylic acids is 1. The molecule has 0 saturated heterocycles. The van der Waals surface area contributed by atoms with Gasteiger partial charge in [0.05, 0.1) is 5.92 Å². The van der Waals surface area contributed by atoms with Crippen LogP contribution in [-0.2, 0) is 9.59 Å². The second-order valence-corrected chi connectivity index (χ2v) is 5.42. The number of hydrogen-bond donors (Lipinski definition) is 2. The third-order valence-corrected chi connectivity index (χ3v) is 3.96. The summed E-state index contributed by atoms with van der Waals surface area (Å²) in [6, 6.07) is 0.123. The molecule has 0 aromatic heterocycles. The molecule has 104 valence electrons. The van der Waals surface area contributed by atoms with Gasteiger partial charge in [-0.2, -0.15) is 0 Å². The van der Waals surface area contributed by atoms with Crippen molar-refractivity contribution >= 4 is 11.9 Å². The van der Waals surface area contributed by atoms with E-state index >= 15 is 0 Å². The van der Waals surface area contributed by atoms with Crippen LogP contribution in [0.2, 0.25) is 0 Å². The molecule has 2 N–H and O–H groups in total. The number of carboxylic acid groups (broad SMARTS) is 1. The van der Waals surface area contributed by atoms with Gasteiger partial charge in [-0.15, -0.1) is 0 Å². The Balaban J connectivity index is 2.51. The van der Waals surface area contributed by atoms with Gasteiger partial charge < -0.3 is 10.4 Å². The first kappa shape index (κ1) is 15.0. The van der Waals surface area contributed by atoms with Gasteiger partial charge in [0.1, 0.15) is 0 Å². The van der Waals surface area contributed by atoms with Gasteiger partial charge in [-0.05, 0) is 32.1 Å². The molecule has 0 aromatic rings. The van der Waals surface area contributed by atoms with Gasteiger partial charge in [0.2, 0.25) is 5.91 Å². The summed E-state index contributed by atoms with van der Waals surface area (Å²) in [6.45, 7) is 3.94. The van der Waals surface area contributed by atoms with E-state index in [1.807, 2.05) is 13.8 Å². The van der Waals surface area contributed by atoms with Crippen LogP contribution >= 0.6 is 0 Å². The van der Waals surface area contributed by atoms with E-state index in [4.69, 9.17) is 0 Å². The Bertz CT molecular complexity index is 285. The minimum atomic E-state index is -0.818. The van der Waals surface area contributed by atoms with E-state index < -0.39 is 11.9 Å². The van der Waals surface area contributed by atoms with Crippen LogP contribution in [0, 0.1) is 11.8 Å². The quantitative estimate of drug-likeness (QED) is 0.766. The number of amides is 1. The summed E-state index contributed by atoms with van der Waals surface area (Å²) in [5.74, 6) is -1.27. The third-order valence-electron chi connectivity index (χ3n) is 3.96. The Morgan fingerprint density at radius 3 is 2.39 bits per heavy atom. The lowest BCUT2D eigenvalue weighted by atomic mass is 9.78. The van der Waals surface area contributed by atoms with E-state index in [1.165, 1.54) is 6.42 Å². The molecular formula is C14H25NO3. The van der Waals surface area contributed by atoms with Gasteiger partial charge in [-0.3, -0.25) is 9.59 Å². The average Bonchev–Trinajstić information content (AvgIpc) is 2.36. The van der Waals surface area contributed by atoms with Crippen molar-refractivity contribution in [2.24, 2.45) is 11.8 Å². The lowest BCUT2D eigenvalue weighted by molar-refractivity contribution is -0.146. The van der Waals surface area contributed by atoms with Crippen molar-refractivity contribution in [1.29, 1.82) is 0 Å². The zero-order valence-electron chi connectivity index (χ0n) is 11.4. The Kier molecular flexibility index (Phi) is 6.16. The van der Waals surface area contributed by atoms with Crippen LogP contribution < -0.4 is 5.32 Å². The Hall–Kier alpha value is -1.06. The smallest absolute Gasteiger partial charge is 0.307 e. The maximum absolute atomic E-state index is 11.8. The van der Waals surface area contributed by atoms with E-state index in [-0.39, 0.29) is 24.3 Å². The standard InChI is InChI=1S/C14H25NO3/c1-3-10(2)15-13(16)9-12(14(17)18)11-7-5-4-6-8-11/h10-12H,3-9H2,1-2H3,(H,15,16)(H,17,18). The summed E-state index contributed by atoms with van der Waals surface area (Å²) in [5, 5.41) is 12.1. The maximum Gasteiger partial charge on any atom is 0.307 e. The van der Waals surface area contributed by atoms with Crippen LogP contribution in [0.3, 0.4) is 0 Å². The molecule has 1 aliphatic rings. The summed E-state index contributed by atoms with van der Waals surface area (Å²) in [6.07, 6.45) is 6.29. The highest BCUT2D eigenvalue weighted by atomic mass is 16.4. The topological polar surface area (TPSA) is 66.4 Å². The second kappa shape index (κ2) is 7.39. The largest absolute Gasteiger partial charge is 0.481 e. The van der Waals surface area contributed by atoms with Crippen molar-refractivity contribution < 1.29 is 14.7 Å². The summed E-state index contributed by atoms with van der Waals surface area (Å²) in [4.78, 5) is 23.1. The van der Waals surface area contributed by atoms with Crippen molar-refractivity contribution in [1.82, 2.24) is 5.32 Å². The number of nitrogens with one attached hydrogen (secondary N) is 1. The second-order valence-electron chi connectivity index (χ2n) is 5.42. The highest BCUT2D eigenvalue weighted by Crippen LogP contribution is 2.32. The van der Waals surface area contributed by atoms with Crippen LogP contribution in [0.5, 0.6) is 0 Å². The molecule has 2 atom stereocenters. The molecule has 18 heavy (non-hydrogen) atoms. The SMILES string of the molecule is CCC(C)NC(=O)CC(C(=O)O)C1CCCCC1. The summed E-state index contributed by atoms with van der Waals surface area (Å²) >= 11 is 0. The molecule has 0 heterocycles. The molecule has 4 nitrogen and oxygen atoms in total. The first-order valence-corrected chi connectivity index (χ1v) is 7.06. The zero-order chi connectivity index (χ0) is 13.5. The van der Waals surface area contributed by atoms with Crippen LogP contribution in [0.25, 0.3) is 0 Å². The number of aliphatic carboxylic acids is 1. The molecule has 1 amide bonds. The molecule has 1 aliphatic carbocycles. The predicted octanol–water partition coefficient (Wildman–Crippen LogP) is 2.57. The van der Waals surface area contributed by atoms with Gasteiger partial charge in [0.15, 0.2) is 0 Å². The monoisotopic (exact) mass is 255 g/mol. The number of carbonyl (C=O) groups is 2. The molecule has 4 heteroatoms. The molecule has 0 aliphatic heterocycles. The Morgan fingerprint density at radius 1 is 1.28 bits per heavy atom. The average molecular weight is 255 g/mol. The normalized spacial score (nSPS) is 20.1. The van der Waals surface area contributed by atoms with Crippen LogP contribution in [0.1, 0.15) is 58.8 Å². The highest BCUT2D eigenvalue weighted by molar-refractivity contribution is 5.82. The maximum atomic E-state index is 11.8. The van der Waals surface area contributed by atoms with Gasteiger partial charge >= 0.3 is 5.97 Å². The number of carboxylic acids is 1.